The number of fused-ring (bicyclic) bond motifs is 3. The Morgan fingerprint density at radius 1 is 0.477 bits per heavy atom. The van der Waals surface area contributed by atoms with E-state index in [1.165, 1.54) is 68.9 Å². The second-order valence-electron chi connectivity index (χ2n) is 13.5. The summed E-state index contributed by atoms with van der Waals surface area (Å²) < 4.78 is 0. The third-order valence-electron chi connectivity index (χ3n) is 9.83. The van der Waals surface area contributed by atoms with Crippen molar-refractivity contribution in [2.75, 3.05) is 0 Å². The number of hydrogen-bond acceptors (Lipinski definition) is 0. The molecule has 0 aliphatic heterocycles. The minimum Gasteiger partial charge on any atom is -0.0620 e. The van der Waals surface area contributed by atoms with Gasteiger partial charge in [-0.05, 0) is 126 Å². The van der Waals surface area contributed by atoms with E-state index in [0.717, 1.165) is 17.8 Å². The molecule has 0 spiro atoms. The zero-order valence-corrected chi connectivity index (χ0v) is 28.5. The maximum absolute atomic E-state index is 2.35. The Labute approximate surface area is 272 Å². The average Bonchev–Trinajstić information content (AvgIpc) is 3.30. The van der Waals surface area contributed by atoms with Crippen molar-refractivity contribution in [3.05, 3.63) is 142 Å². The summed E-state index contributed by atoms with van der Waals surface area (Å²) in [5.41, 5.74) is 12.3. The van der Waals surface area contributed by atoms with E-state index in [1.807, 2.05) is 0 Å². The van der Waals surface area contributed by atoms with E-state index in [0.29, 0.717) is 5.92 Å². The average molecular weight is 584 g/mol. The second-order valence-corrected chi connectivity index (χ2v) is 13.5. The first-order valence-corrected chi connectivity index (χ1v) is 17.1. The highest BCUT2D eigenvalue weighted by molar-refractivity contribution is 5.75. The van der Waals surface area contributed by atoms with E-state index >= 15 is 0 Å². The van der Waals surface area contributed by atoms with Crippen LogP contribution < -0.4 is 0 Å². The zero-order chi connectivity index (χ0) is 30.6. The lowest BCUT2D eigenvalue weighted by molar-refractivity contribution is 0.590. The molecule has 0 N–H and O–H groups in total. The molecule has 3 atom stereocenters. The molecule has 0 aromatic heterocycles. The molecular weight excluding hydrogens is 527 g/mol. The van der Waals surface area contributed by atoms with Gasteiger partial charge in [-0.1, -0.05) is 138 Å². The number of aryl methyl sites for hydroxylation is 4. The van der Waals surface area contributed by atoms with Gasteiger partial charge in [0.2, 0.25) is 0 Å². The molecule has 0 fully saturated rings. The van der Waals surface area contributed by atoms with Crippen LogP contribution in [0.25, 0.3) is 0 Å². The summed E-state index contributed by atoms with van der Waals surface area (Å²) in [6.45, 7) is 13.6. The topological polar surface area (TPSA) is 0 Å². The summed E-state index contributed by atoms with van der Waals surface area (Å²) in [5.74, 6) is 3.03. The monoisotopic (exact) mass is 583 g/mol. The van der Waals surface area contributed by atoms with Gasteiger partial charge in [-0.25, -0.2) is 0 Å². The fraction of sp³-hybridized carbons (Fsp3) is 0.442. The van der Waals surface area contributed by atoms with E-state index in [-0.39, 0.29) is 8.41 Å². The molecule has 0 saturated carbocycles. The van der Waals surface area contributed by atoms with Crippen LogP contribution >= 0.6 is 0 Å². The molecule has 0 heterocycles. The second kappa shape index (κ2) is 18.0. The molecule has 231 valence electrons. The van der Waals surface area contributed by atoms with Gasteiger partial charge in [0.05, 0.1) is 0 Å². The molecule has 4 aromatic carbocycles. The van der Waals surface area contributed by atoms with E-state index in [1.54, 1.807) is 33.4 Å². The lowest BCUT2D eigenvalue weighted by Crippen LogP contribution is -2.05. The molecule has 1 heteroatoms. The summed E-state index contributed by atoms with van der Waals surface area (Å²) in [5, 5.41) is 0. The van der Waals surface area contributed by atoms with Crippen molar-refractivity contribution in [3.63, 3.8) is 0 Å². The fourth-order valence-corrected chi connectivity index (χ4v) is 7.17. The summed E-state index contributed by atoms with van der Waals surface area (Å²) in [6, 6.07) is 35.1. The molecule has 0 amide bonds. The van der Waals surface area contributed by atoms with Crippen LogP contribution in [-0.4, -0.2) is 8.41 Å². The van der Waals surface area contributed by atoms with Gasteiger partial charge in [0, 0.05) is 8.41 Å². The van der Waals surface area contributed by atoms with Crippen LogP contribution in [0.15, 0.2) is 97.1 Å². The summed E-state index contributed by atoms with van der Waals surface area (Å²) >= 11 is 0. The highest BCUT2D eigenvalue weighted by Crippen LogP contribution is 2.32. The van der Waals surface area contributed by atoms with Gasteiger partial charge in [-0.2, -0.15) is 0 Å². The Balaban J connectivity index is 0.000000160. The third kappa shape index (κ3) is 9.98. The minimum atomic E-state index is 0. The normalized spacial score (nSPS) is 19.5. The van der Waals surface area contributed by atoms with Crippen molar-refractivity contribution < 1.29 is 0 Å². The van der Waals surface area contributed by atoms with Gasteiger partial charge in [0.25, 0.3) is 0 Å². The number of rotatable bonds is 1. The van der Waals surface area contributed by atoms with E-state index in [9.17, 15) is 0 Å². The fourth-order valence-electron chi connectivity index (χ4n) is 7.17. The van der Waals surface area contributed by atoms with Gasteiger partial charge in [0.15, 0.2) is 0 Å². The molecule has 0 saturated heterocycles. The van der Waals surface area contributed by atoms with Crippen molar-refractivity contribution in [1.29, 1.82) is 0 Å². The Morgan fingerprint density at radius 3 is 1.36 bits per heavy atom. The lowest BCUT2D eigenvalue weighted by Gasteiger charge is -2.21. The highest BCUT2D eigenvalue weighted by atomic mass is 14.2. The molecule has 3 aliphatic carbocycles. The molecule has 0 nitrogen and oxygen atoms in total. The van der Waals surface area contributed by atoms with Crippen LogP contribution in [0.2, 0.25) is 0 Å². The maximum Gasteiger partial charge on any atom is 0 e. The Kier molecular flexibility index (Phi) is 14.5. The van der Waals surface area contributed by atoms with Crippen LogP contribution in [0.3, 0.4) is 0 Å². The van der Waals surface area contributed by atoms with E-state index in [4.69, 9.17) is 0 Å². The van der Waals surface area contributed by atoms with E-state index < -0.39 is 0 Å². The van der Waals surface area contributed by atoms with Crippen molar-refractivity contribution in [1.82, 2.24) is 0 Å². The summed E-state index contributed by atoms with van der Waals surface area (Å²) in [7, 11) is 0. The summed E-state index contributed by atoms with van der Waals surface area (Å²) in [6.07, 6.45) is 12.1. The van der Waals surface area contributed by atoms with Crippen LogP contribution in [-0.2, 0) is 19.3 Å². The maximum atomic E-state index is 2.35. The van der Waals surface area contributed by atoms with Gasteiger partial charge in [0.1, 0.15) is 0 Å². The van der Waals surface area contributed by atoms with Crippen molar-refractivity contribution in [2.24, 2.45) is 0 Å². The molecule has 3 aliphatic rings. The van der Waals surface area contributed by atoms with Gasteiger partial charge < -0.3 is 0 Å². The molecule has 4 aromatic rings. The molecule has 3 unspecified atom stereocenters. The van der Waals surface area contributed by atoms with Gasteiger partial charge in [-0.15, -0.1) is 0 Å². The third-order valence-corrected chi connectivity index (χ3v) is 9.83. The standard InChI is InChI=1S/C12H16.C11H14.C10H12.C10H14.B/c1-10-6-2-3-7-11-8-4-5-9-12(10)11;1-9-5-4-7-10-6-2-3-8-11(9)10;1-8-6-7-9-4-2-3-5-10(8)9;1-8(2)10-7-5-4-6-9(10)3;/h4-5,8-10H,2-3,6-7H2,1H3;2-3,6,8-9H,4-5,7H2,1H3;2-5,8H,6-7H2,1H3;4-8H,1-3H3;. The molecule has 7 rings (SSSR count). The first-order chi connectivity index (χ1) is 20.8. The van der Waals surface area contributed by atoms with Crippen molar-refractivity contribution in [2.45, 2.75) is 123 Å². The molecule has 44 heavy (non-hydrogen) atoms. The highest BCUT2D eigenvalue weighted by Gasteiger charge is 2.17. The Hall–Kier alpha value is -3.06. The van der Waals surface area contributed by atoms with Crippen LogP contribution in [0, 0.1) is 6.92 Å². The predicted molar refractivity (Wildman–Crippen MR) is 194 cm³/mol. The quantitative estimate of drug-likeness (QED) is 0.154. The zero-order valence-electron chi connectivity index (χ0n) is 28.5. The van der Waals surface area contributed by atoms with Crippen LogP contribution in [0.1, 0.15) is 141 Å². The smallest absolute Gasteiger partial charge is 0 e. The van der Waals surface area contributed by atoms with Gasteiger partial charge in [-0.3, -0.25) is 0 Å². The molecular formula is C43H56B. The lowest BCUT2D eigenvalue weighted by atomic mass is 9.84. The van der Waals surface area contributed by atoms with Gasteiger partial charge >= 0.3 is 0 Å². The minimum absolute atomic E-state index is 0. The Bertz CT molecular complexity index is 1390. The van der Waals surface area contributed by atoms with Crippen molar-refractivity contribution >= 4 is 8.41 Å². The SMILES string of the molecule is CC1CCCCc2ccccc21.CC1CCCc2ccccc21.CC1CCc2ccccc21.Cc1ccccc1C(C)C.[B]. The first-order valence-electron chi connectivity index (χ1n) is 17.1. The molecule has 3 radical (unpaired) electrons. The first kappa shape index (κ1) is 35.4. The van der Waals surface area contributed by atoms with Crippen LogP contribution in [0.4, 0.5) is 0 Å². The van der Waals surface area contributed by atoms with E-state index in [2.05, 4.69) is 139 Å². The Morgan fingerprint density at radius 2 is 0.886 bits per heavy atom. The van der Waals surface area contributed by atoms with Crippen molar-refractivity contribution in [3.8, 4) is 0 Å². The number of benzene rings is 4. The largest absolute Gasteiger partial charge is 0.0620 e. The summed E-state index contributed by atoms with van der Waals surface area (Å²) in [4.78, 5) is 0. The van der Waals surface area contributed by atoms with Crippen LogP contribution in [0.5, 0.6) is 0 Å². The number of hydrogen-bond donors (Lipinski definition) is 0. The predicted octanol–water partition coefficient (Wildman–Crippen LogP) is 12.1. The molecule has 0 bridgehead atoms.